The molecular formula is C43H29F3N4. The van der Waals surface area contributed by atoms with E-state index in [-0.39, 0.29) is 11.3 Å². The van der Waals surface area contributed by atoms with Gasteiger partial charge in [0.15, 0.2) is 5.69 Å². The molecule has 0 aliphatic rings. The van der Waals surface area contributed by atoms with Crippen molar-refractivity contribution in [1.29, 1.82) is 5.26 Å². The standard InChI is InChI=1S/C43H29F3N4/c1-24-6-11-31-32-12-7-25(2)17-39(32)49(38(31)16-24)37-22-35(30-15-10-29(48-5)21-36(30)43(44,45)46)42(20-28(37)23-47)50-40-18-26(3)8-13-33(40)34-14-9-27(4)19-41(34)50/h6-22H,1-4H3. The minimum atomic E-state index is -4.75. The highest BCUT2D eigenvalue weighted by molar-refractivity contribution is 6.11. The summed E-state index contributed by atoms with van der Waals surface area (Å²) < 4.78 is 49.0. The highest BCUT2D eigenvalue weighted by Crippen LogP contribution is 2.45. The van der Waals surface area contributed by atoms with Crippen molar-refractivity contribution >= 4 is 49.3 Å². The number of aromatic nitrogens is 2. The van der Waals surface area contributed by atoms with Crippen LogP contribution < -0.4 is 0 Å². The van der Waals surface area contributed by atoms with Gasteiger partial charge in [-0.2, -0.15) is 18.4 Å². The topological polar surface area (TPSA) is 38.0 Å². The second kappa shape index (κ2) is 11.1. The maximum atomic E-state index is 15.0. The van der Waals surface area contributed by atoms with Crippen LogP contribution in [0.4, 0.5) is 18.9 Å². The summed E-state index contributed by atoms with van der Waals surface area (Å²) in [4.78, 5) is 3.32. The van der Waals surface area contributed by atoms with E-state index in [4.69, 9.17) is 6.57 Å². The van der Waals surface area contributed by atoms with Crippen molar-refractivity contribution in [2.24, 2.45) is 0 Å². The van der Waals surface area contributed by atoms with Crippen LogP contribution in [-0.4, -0.2) is 9.13 Å². The molecule has 0 bridgehead atoms. The molecule has 8 rings (SSSR count). The molecule has 0 saturated carbocycles. The summed E-state index contributed by atoms with van der Waals surface area (Å²) in [7, 11) is 0. The lowest BCUT2D eigenvalue weighted by Gasteiger charge is -2.21. The second-order valence-corrected chi connectivity index (χ2v) is 13.1. The summed E-state index contributed by atoms with van der Waals surface area (Å²) in [5.74, 6) is 0. The predicted octanol–water partition coefficient (Wildman–Crippen LogP) is 12.2. The van der Waals surface area contributed by atoms with Crippen LogP contribution in [-0.2, 0) is 6.18 Å². The summed E-state index contributed by atoms with van der Waals surface area (Å²) in [6, 6.07) is 34.0. The molecule has 7 heteroatoms. The Morgan fingerprint density at radius 3 is 1.40 bits per heavy atom. The van der Waals surface area contributed by atoms with Crippen LogP contribution in [0.5, 0.6) is 0 Å². The average molecular weight is 659 g/mol. The van der Waals surface area contributed by atoms with Crippen LogP contribution in [0.15, 0.2) is 103 Å². The number of hydrogen-bond acceptors (Lipinski definition) is 1. The summed E-state index contributed by atoms with van der Waals surface area (Å²) in [6.07, 6.45) is -4.75. The predicted molar refractivity (Wildman–Crippen MR) is 195 cm³/mol. The van der Waals surface area contributed by atoms with Gasteiger partial charge in [-0.25, -0.2) is 4.85 Å². The maximum Gasteiger partial charge on any atom is 0.415 e. The van der Waals surface area contributed by atoms with Gasteiger partial charge in [-0.05, 0) is 98.0 Å². The van der Waals surface area contributed by atoms with Crippen molar-refractivity contribution < 1.29 is 13.2 Å². The Morgan fingerprint density at radius 1 is 0.560 bits per heavy atom. The van der Waals surface area contributed by atoms with E-state index in [1.807, 2.05) is 110 Å². The molecule has 0 spiro atoms. The molecule has 0 fully saturated rings. The fourth-order valence-electron chi connectivity index (χ4n) is 7.32. The largest absolute Gasteiger partial charge is 0.415 e. The summed E-state index contributed by atoms with van der Waals surface area (Å²) in [6.45, 7) is 15.4. The third-order valence-corrected chi connectivity index (χ3v) is 9.60. The minimum absolute atomic E-state index is 0.0749. The summed E-state index contributed by atoms with van der Waals surface area (Å²) >= 11 is 0. The Labute approximate surface area is 286 Å². The Morgan fingerprint density at radius 2 is 1.00 bits per heavy atom. The first-order valence-electron chi connectivity index (χ1n) is 16.2. The number of halogens is 3. The van der Waals surface area contributed by atoms with Gasteiger partial charge in [0.25, 0.3) is 0 Å². The number of hydrogen-bond donors (Lipinski definition) is 0. The van der Waals surface area contributed by atoms with E-state index in [9.17, 15) is 18.4 Å². The molecule has 0 aliphatic carbocycles. The quantitative estimate of drug-likeness (QED) is 0.174. The number of rotatable bonds is 3. The van der Waals surface area contributed by atoms with E-state index in [0.29, 0.717) is 22.5 Å². The van der Waals surface area contributed by atoms with Crippen LogP contribution in [0.2, 0.25) is 0 Å². The molecule has 0 N–H and O–H groups in total. The highest BCUT2D eigenvalue weighted by Gasteiger charge is 2.35. The molecule has 0 saturated heterocycles. The minimum Gasteiger partial charge on any atom is -0.309 e. The lowest BCUT2D eigenvalue weighted by Crippen LogP contribution is -2.09. The van der Waals surface area contributed by atoms with Gasteiger partial charge < -0.3 is 9.13 Å². The Balaban J connectivity index is 1.59. The zero-order chi connectivity index (χ0) is 35.1. The molecule has 0 amide bonds. The molecule has 0 radical (unpaired) electrons. The van der Waals surface area contributed by atoms with Crippen molar-refractivity contribution in [3.05, 3.63) is 148 Å². The Kier molecular flexibility index (Phi) is 6.89. The summed E-state index contributed by atoms with van der Waals surface area (Å²) in [5, 5.41) is 14.7. The maximum absolute atomic E-state index is 15.0. The molecule has 0 unspecified atom stereocenters. The average Bonchev–Trinajstić information content (AvgIpc) is 3.57. The molecule has 8 aromatic rings. The molecule has 50 heavy (non-hydrogen) atoms. The van der Waals surface area contributed by atoms with Gasteiger partial charge in [-0.15, -0.1) is 0 Å². The molecule has 2 heterocycles. The van der Waals surface area contributed by atoms with Crippen molar-refractivity contribution in [3.63, 3.8) is 0 Å². The van der Waals surface area contributed by atoms with Crippen LogP contribution in [0.3, 0.4) is 0 Å². The Hall–Kier alpha value is -6.31. The fraction of sp³-hybridized carbons (Fsp3) is 0.116. The van der Waals surface area contributed by atoms with Crippen LogP contribution in [0, 0.1) is 45.6 Å². The molecule has 4 nitrogen and oxygen atoms in total. The van der Waals surface area contributed by atoms with E-state index in [2.05, 4.69) is 10.9 Å². The normalized spacial score (nSPS) is 11.9. The van der Waals surface area contributed by atoms with Gasteiger partial charge in [0.2, 0.25) is 0 Å². The molecule has 0 atom stereocenters. The number of nitriles is 1. The molecule has 2 aromatic heterocycles. The van der Waals surface area contributed by atoms with Gasteiger partial charge in [0, 0.05) is 27.1 Å². The van der Waals surface area contributed by atoms with E-state index in [1.54, 1.807) is 12.1 Å². The molecular weight excluding hydrogens is 629 g/mol. The van der Waals surface area contributed by atoms with E-state index in [0.717, 1.165) is 71.9 Å². The van der Waals surface area contributed by atoms with E-state index in [1.165, 1.54) is 12.1 Å². The van der Waals surface area contributed by atoms with Crippen molar-refractivity contribution in [3.8, 4) is 28.6 Å². The smallest absolute Gasteiger partial charge is 0.309 e. The summed E-state index contributed by atoms with van der Waals surface area (Å²) in [5.41, 5.74) is 7.77. The first-order chi connectivity index (χ1) is 24.0. The van der Waals surface area contributed by atoms with Crippen LogP contribution in [0.25, 0.3) is 71.0 Å². The highest BCUT2D eigenvalue weighted by atomic mass is 19.4. The molecule has 0 aliphatic heterocycles. The van der Waals surface area contributed by atoms with Gasteiger partial charge in [-0.3, -0.25) is 0 Å². The monoisotopic (exact) mass is 658 g/mol. The van der Waals surface area contributed by atoms with Crippen molar-refractivity contribution in [1.82, 2.24) is 9.13 Å². The third kappa shape index (κ3) is 4.74. The Bertz CT molecular complexity index is 2700. The number of fused-ring (bicyclic) bond motifs is 6. The molecule has 242 valence electrons. The second-order valence-electron chi connectivity index (χ2n) is 13.1. The fourth-order valence-corrected chi connectivity index (χ4v) is 7.32. The van der Waals surface area contributed by atoms with Gasteiger partial charge >= 0.3 is 6.18 Å². The lowest BCUT2D eigenvalue weighted by atomic mass is 9.94. The first kappa shape index (κ1) is 31.0. The van der Waals surface area contributed by atoms with Gasteiger partial charge in [-0.1, -0.05) is 60.7 Å². The first-order valence-corrected chi connectivity index (χ1v) is 16.2. The van der Waals surface area contributed by atoms with Crippen molar-refractivity contribution in [2.75, 3.05) is 0 Å². The third-order valence-electron chi connectivity index (χ3n) is 9.60. The SMILES string of the molecule is [C-]#[N+]c1ccc(-c2cc(-n3c4cc(C)ccc4c4ccc(C)cc43)c(C#N)cc2-n2c3cc(C)ccc3c3ccc(C)cc32)c(C(F)(F)F)c1. The van der Waals surface area contributed by atoms with Crippen LogP contribution >= 0.6 is 0 Å². The lowest BCUT2D eigenvalue weighted by molar-refractivity contribution is -0.137. The van der Waals surface area contributed by atoms with Crippen LogP contribution in [0.1, 0.15) is 33.4 Å². The number of benzene rings is 6. The number of alkyl halides is 3. The zero-order valence-electron chi connectivity index (χ0n) is 27.7. The number of nitrogens with zero attached hydrogens (tertiary/aromatic N) is 4. The van der Waals surface area contributed by atoms with E-state index < -0.39 is 11.7 Å². The van der Waals surface area contributed by atoms with Crippen molar-refractivity contribution in [2.45, 2.75) is 33.9 Å². The van der Waals surface area contributed by atoms with Gasteiger partial charge in [0.1, 0.15) is 6.07 Å². The van der Waals surface area contributed by atoms with Gasteiger partial charge in [0.05, 0.1) is 51.1 Å². The van der Waals surface area contributed by atoms with E-state index >= 15 is 0 Å². The zero-order valence-corrected chi connectivity index (χ0v) is 27.7. The number of aryl methyl sites for hydroxylation is 4. The molecule has 6 aromatic carbocycles.